The van der Waals surface area contributed by atoms with E-state index in [-0.39, 0.29) is 34.2 Å². The number of nitrogens with one attached hydrogen (secondary N) is 1. The summed E-state index contributed by atoms with van der Waals surface area (Å²) < 4.78 is 5.21. The molecule has 0 bridgehead atoms. The van der Waals surface area contributed by atoms with Gasteiger partial charge in [-0.1, -0.05) is 47.4 Å². The van der Waals surface area contributed by atoms with E-state index < -0.39 is 23.8 Å². The van der Waals surface area contributed by atoms with Gasteiger partial charge in [0.2, 0.25) is 11.0 Å². The van der Waals surface area contributed by atoms with Gasteiger partial charge in [0.1, 0.15) is 5.82 Å². The number of ether oxygens (including phenoxy) is 1. The van der Waals surface area contributed by atoms with Crippen LogP contribution in [0.2, 0.25) is 0 Å². The molecule has 5 rings (SSSR count). The Kier molecular flexibility index (Phi) is 8.56. The molecule has 1 amide bonds. The second-order valence-electron chi connectivity index (χ2n) is 9.47. The summed E-state index contributed by atoms with van der Waals surface area (Å²) >= 11 is 2.25. The van der Waals surface area contributed by atoms with Crippen molar-refractivity contribution < 1.29 is 29.0 Å². The molecule has 2 aromatic carbocycles. The number of aromatic nitrogens is 2. The number of para-hydroxylation sites is 1. The molecule has 0 radical (unpaired) electrons. The molecule has 218 valence electrons. The second kappa shape index (κ2) is 12.5. The number of rotatable bonds is 8. The summed E-state index contributed by atoms with van der Waals surface area (Å²) in [5, 5.41) is 30.9. The minimum atomic E-state index is -1.16. The highest BCUT2D eigenvalue weighted by Crippen LogP contribution is 2.47. The smallest absolute Gasteiger partial charge is 0.337 e. The number of carboxylic acid groups (broad SMARTS) is 1. The van der Waals surface area contributed by atoms with Gasteiger partial charge in [0.15, 0.2) is 10.1 Å². The summed E-state index contributed by atoms with van der Waals surface area (Å²) in [6.07, 6.45) is 1.43. The van der Waals surface area contributed by atoms with E-state index in [1.165, 1.54) is 19.2 Å². The normalized spacial score (nSPS) is 16.4. The fraction of sp³-hybridized carbons (Fsp3) is 0.207. The molecule has 1 aromatic heterocycles. The van der Waals surface area contributed by atoms with Gasteiger partial charge in [0.25, 0.3) is 0 Å². The van der Waals surface area contributed by atoms with Crippen molar-refractivity contribution in [1.29, 1.82) is 5.26 Å². The van der Waals surface area contributed by atoms with Gasteiger partial charge in [-0.25, -0.2) is 9.59 Å². The Bertz CT molecular complexity index is 1740. The fourth-order valence-electron chi connectivity index (χ4n) is 5.01. The summed E-state index contributed by atoms with van der Waals surface area (Å²) in [7, 11) is 1.29. The average Bonchev–Trinajstić information content (AvgIpc) is 3.48. The third kappa shape index (κ3) is 5.85. The van der Waals surface area contributed by atoms with Gasteiger partial charge in [-0.15, -0.1) is 10.2 Å². The molecular weight excluding hydrogens is 592 g/mol. The van der Waals surface area contributed by atoms with E-state index in [0.717, 1.165) is 23.1 Å². The molecule has 4 N–H and O–H groups in total. The largest absolute Gasteiger partial charge is 0.478 e. The van der Waals surface area contributed by atoms with Crippen LogP contribution in [0.25, 0.3) is 0 Å². The van der Waals surface area contributed by atoms with Crippen LogP contribution >= 0.6 is 23.1 Å². The van der Waals surface area contributed by atoms with E-state index in [1.54, 1.807) is 41.3 Å². The van der Waals surface area contributed by atoms with Crippen LogP contribution in [0.1, 0.15) is 51.5 Å². The zero-order valence-corrected chi connectivity index (χ0v) is 24.3. The number of carboxylic acids is 1. The number of methoxy groups -OCH3 is 1. The minimum Gasteiger partial charge on any atom is -0.478 e. The van der Waals surface area contributed by atoms with Crippen molar-refractivity contribution in [2.45, 2.75) is 29.5 Å². The van der Waals surface area contributed by atoms with Crippen LogP contribution in [-0.2, 0) is 14.3 Å². The van der Waals surface area contributed by atoms with Gasteiger partial charge in [-0.3, -0.25) is 14.5 Å². The van der Waals surface area contributed by atoms with Gasteiger partial charge in [-0.2, -0.15) is 5.26 Å². The lowest BCUT2D eigenvalue weighted by Gasteiger charge is -2.38. The van der Waals surface area contributed by atoms with Gasteiger partial charge >= 0.3 is 11.9 Å². The maximum absolute atomic E-state index is 13.3. The van der Waals surface area contributed by atoms with E-state index in [0.29, 0.717) is 51.1 Å². The Morgan fingerprint density at radius 2 is 1.93 bits per heavy atom. The monoisotopic (exact) mass is 616 g/mol. The SMILES string of the molecule is COC(=O)c1ccc(C2C(C#N)=C(N)N(c3nnc(SCC(=O)Nc4ccccc4C(=O)O)s3)C3=C2C(=O)CCC3)cc1. The first-order chi connectivity index (χ1) is 20.7. The third-order valence-electron chi connectivity index (χ3n) is 6.92. The van der Waals surface area contributed by atoms with Crippen molar-refractivity contribution >= 4 is 57.5 Å². The summed E-state index contributed by atoms with van der Waals surface area (Å²) in [6, 6.07) is 14.8. The van der Waals surface area contributed by atoms with E-state index in [4.69, 9.17) is 10.5 Å². The topological polar surface area (TPSA) is 189 Å². The Morgan fingerprint density at radius 3 is 2.63 bits per heavy atom. The summed E-state index contributed by atoms with van der Waals surface area (Å²) in [5.74, 6) is -2.85. The molecule has 1 aliphatic carbocycles. The molecular formula is C29H24N6O6S2. The number of esters is 1. The first kappa shape index (κ1) is 29.5. The third-order valence-corrected chi connectivity index (χ3v) is 8.97. The van der Waals surface area contributed by atoms with Crippen LogP contribution in [0, 0.1) is 11.3 Å². The number of anilines is 2. The van der Waals surface area contributed by atoms with E-state index in [9.17, 15) is 29.5 Å². The minimum absolute atomic E-state index is 0.0245. The maximum Gasteiger partial charge on any atom is 0.337 e. The average molecular weight is 617 g/mol. The van der Waals surface area contributed by atoms with Crippen LogP contribution in [0.3, 0.4) is 0 Å². The summed E-state index contributed by atoms with van der Waals surface area (Å²) in [4.78, 5) is 50.8. The molecule has 0 saturated carbocycles. The zero-order valence-electron chi connectivity index (χ0n) is 22.7. The molecule has 0 saturated heterocycles. The van der Waals surface area contributed by atoms with E-state index >= 15 is 0 Å². The Labute approximate surface area is 253 Å². The molecule has 1 aliphatic heterocycles. The quantitative estimate of drug-likeness (QED) is 0.244. The Morgan fingerprint density at radius 1 is 1.19 bits per heavy atom. The lowest BCUT2D eigenvalue weighted by molar-refractivity contribution is -0.116. The molecule has 14 heteroatoms. The number of ketones is 1. The van der Waals surface area contributed by atoms with Gasteiger partial charge in [0, 0.05) is 17.7 Å². The van der Waals surface area contributed by atoms with Crippen molar-refractivity contribution in [2.75, 3.05) is 23.1 Å². The highest BCUT2D eigenvalue weighted by Gasteiger charge is 2.41. The number of Topliss-reactive ketones (excluding diaryl/α,β-unsaturated/α-hetero) is 1. The van der Waals surface area contributed by atoms with Crippen molar-refractivity contribution in [3.8, 4) is 6.07 Å². The highest BCUT2D eigenvalue weighted by atomic mass is 32.2. The summed E-state index contributed by atoms with van der Waals surface area (Å²) in [5.41, 5.74) is 8.96. The number of benzene rings is 2. The molecule has 12 nitrogen and oxygen atoms in total. The number of hydrogen-bond donors (Lipinski definition) is 3. The van der Waals surface area contributed by atoms with Crippen molar-refractivity contribution in [3.05, 3.63) is 87.9 Å². The molecule has 43 heavy (non-hydrogen) atoms. The highest BCUT2D eigenvalue weighted by molar-refractivity contribution is 8.01. The number of nitrogens with zero attached hydrogens (tertiary/aromatic N) is 4. The number of aromatic carboxylic acids is 1. The lowest BCUT2D eigenvalue weighted by atomic mass is 9.75. The molecule has 0 spiro atoms. The number of carbonyl (C=O) groups is 4. The number of carbonyl (C=O) groups excluding carboxylic acids is 3. The first-order valence-electron chi connectivity index (χ1n) is 13.0. The molecule has 1 atom stereocenters. The second-order valence-corrected chi connectivity index (χ2v) is 11.6. The number of nitriles is 1. The van der Waals surface area contributed by atoms with Gasteiger partial charge in [-0.05, 0) is 42.7 Å². The van der Waals surface area contributed by atoms with Crippen LogP contribution < -0.4 is 16.0 Å². The number of nitrogens with two attached hydrogens (primary N) is 1. The van der Waals surface area contributed by atoms with Gasteiger partial charge in [0.05, 0.1) is 47.2 Å². The van der Waals surface area contributed by atoms with E-state index in [2.05, 4.69) is 21.6 Å². The lowest BCUT2D eigenvalue weighted by Crippen LogP contribution is -2.38. The Hall–Kier alpha value is -5.00. The molecule has 2 aliphatic rings. The van der Waals surface area contributed by atoms with Crippen LogP contribution in [-0.4, -0.2) is 51.8 Å². The molecule has 3 aromatic rings. The zero-order chi connectivity index (χ0) is 30.7. The Balaban J connectivity index is 1.41. The molecule has 1 unspecified atom stereocenters. The van der Waals surface area contributed by atoms with E-state index in [1.807, 2.05) is 0 Å². The van der Waals surface area contributed by atoms with Gasteiger partial charge < -0.3 is 20.9 Å². The van der Waals surface area contributed by atoms with Crippen LogP contribution in [0.5, 0.6) is 0 Å². The number of hydrogen-bond acceptors (Lipinski definition) is 12. The van der Waals surface area contributed by atoms with Crippen LogP contribution in [0.4, 0.5) is 10.8 Å². The number of allylic oxidation sites excluding steroid dienone is 3. The first-order valence-corrected chi connectivity index (χ1v) is 14.8. The summed E-state index contributed by atoms with van der Waals surface area (Å²) in [6.45, 7) is 0. The van der Waals surface area contributed by atoms with Crippen molar-refractivity contribution in [2.24, 2.45) is 5.73 Å². The fourth-order valence-corrected chi connectivity index (χ4v) is 6.69. The molecule has 0 fully saturated rings. The number of amides is 1. The molecule has 2 heterocycles. The van der Waals surface area contributed by atoms with Crippen molar-refractivity contribution in [3.63, 3.8) is 0 Å². The number of thioether (sulfide) groups is 1. The predicted molar refractivity (Wildman–Crippen MR) is 158 cm³/mol. The van der Waals surface area contributed by atoms with Crippen molar-refractivity contribution in [1.82, 2.24) is 10.2 Å². The standard InChI is InChI=1S/C29H24N6O6S2/c1-41-27(40)16-11-9-15(10-12-16)23-18(13-30)25(31)35(20-7-4-8-21(36)24(20)23)28-33-34-29(43-28)42-14-22(37)32-19-6-3-2-5-17(19)26(38)39/h2-3,5-6,9-12,23H,4,7-8,14,31H2,1H3,(H,32,37)(H,38,39). The maximum atomic E-state index is 13.3. The predicted octanol–water partition coefficient (Wildman–Crippen LogP) is 4.06. The van der Waals surface area contributed by atoms with Crippen LogP contribution in [0.15, 0.2) is 75.5 Å².